The molecule has 0 saturated carbocycles. The number of nitrogens with zero attached hydrogens (tertiary/aromatic N) is 5. The van der Waals surface area contributed by atoms with E-state index in [2.05, 4.69) is 9.97 Å². The largest absolute Gasteiger partial charge is 0.479 e. The van der Waals surface area contributed by atoms with Gasteiger partial charge in [0, 0.05) is 18.1 Å². The SMILES string of the molecule is CC(C)(C)CC1(C(=O)O)CN(C(=O)O)CCN1c1ncn(Cc2ccc(Cl)cc2)c(=O)n1. The Labute approximate surface area is 190 Å². The molecule has 1 amide bonds. The highest BCUT2D eigenvalue weighted by molar-refractivity contribution is 6.30. The van der Waals surface area contributed by atoms with Crippen LogP contribution in [0.5, 0.6) is 0 Å². The van der Waals surface area contributed by atoms with Crippen LogP contribution in [0, 0.1) is 5.41 Å². The monoisotopic (exact) mass is 463 g/mol. The highest BCUT2D eigenvalue weighted by atomic mass is 35.5. The van der Waals surface area contributed by atoms with Gasteiger partial charge in [0.15, 0.2) is 5.54 Å². The number of halogens is 1. The molecule has 0 aliphatic carbocycles. The maximum atomic E-state index is 12.7. The molecule has 1 aromatic heterocycles. The van der Waals surface area contributed by atoms with Gasteiger partial charge >= 0.3 is 17.8 Å². The highest BCUT2D eigenvalue weighted by Gasteiger charge is 2.52. The number of amides is 1. The lowest BCUT2D eigenvalue weighted by molar-refractivity contribution is -0.146. The van der Waals surface area contributed by atoms with Crippen LogP contribution in [0.1, 0.15) is 32.8 Å². The van der Waals surface area contributed by atoms with E-state index < -0.39 is 28.7 Å². The Morgan fingerprint density at radius 3 is 2.34 bits per heavy atom. The Kier molecular flexibility index (Phi) is 6.45. The molecule has 1 fully saturated rings. The number of carbonyl (C=O) groups is 2. The number of carboxylic acid groups (broad SMARTS) is 2. The first-order valence-electron chi connectivity index (χ1n) is 10.1. The fourth-order valence-corrected chi connectivity index (χ4v) is 4.16. The van der Waals surface area contributed by atoms with Gasteiger partial charge in [0.05, 0.1) is 13.1 Å². The number of rotatable bonds is 5. The third-order valence-electron chi connectivity index (χ3n) is 5.32. The van der Waals surface area contributed by atoms with Crippen molar-refractivity contribution < 1.29 is 19.8 Å². The molecule has 0 radical (unpaired) electrons. The lowest BCUT2D eigenvalue weighted by Crippen LogP contribution is -2.68. The van der Waals surface area contributed by atoms with Gasteiger partial charge in [-0.05, 0) is 29.5 Å². The van der Waals surface area contributed by atoms with Crippen LogP contribution in [0.25, 0.3) is 0 Å². The van der Waals surface area contributed by atoms with Crippen LogP contribution in [0.15, 0.2) is 35.4 Å². The van der Waals surface area contributed by atoms with E-state index in [1.807, 2.05) is 20.8 Å². The minimum Gasteiger partial charge on any atom is -0.479 e. The van der Waals surface area contributed by atoms with Crippen LogP contribution in [0.4, 0.5) is 10.7 Å². The first-order chi connectivity index (χ1) is 14.9. The predicted molar refractivity (Wildman–Crippen MR) is 118 cm³/mol. The molecule has 1 aliphatic rings. The second kappa shape index (κ2) is 8.78. The summed E-state index contributed by atoms with van der Waals surface area (Å²) >= 11 is 5.89. The number of aliphatic carboxylic acids is 1. The summed E-state index contributed by atoms with van der Waals surface area (Å²) in [6.45, 7) is 5.73. The Morgan fingerprint density at radius 2 is 1.81 bits per heavy atom. The van der Waals surface area contributed by atoms with E-state index in [9.17, 15) is 24.6 Å². The van der Waals surface area contributed by atoms with E-state index >= 15 is 0 Å². The van der Waals surface area contributed by atoms with Crippen molar-refractivity contribution in [3.63, 3.8) is 0 Å². The third kappa shape index (κ3) is 5.01. The molecule has 32 heavy (non-hydrogen) atoms. The van der Waals surface area contributed by atoms with E-state index in [0.29, 0.717) is 5.02 Å². The first-order valence-corrected chi connectivity index (χ1v) is 10.5. The van der Waals surface area contributed by atoms with Crippen molar-refractivity contribution in [1.82, 2.24) is 19.4 Å². The highest BCUT2D eigenvalue weighted by Crippen LogP contribution is 2.36. The van der Waals surface area contributed by atoms with Crippen molar-refractivity contribution in [2.75, 3.05) is 24.5 Å². The summed E-state index contributed by atoms with van der Waals surface area (Å²) in [4.78, 5) is 47.7. The smallest absolute Gasteiger partial charge is 0.407 e. The zero-order valence-corrected chi connectivity index (χ0v) is 18.9. The molecule has 0 spiro atoms. The van der Waals surface area contributed by atoms with E-state index in [0.717, 1.165) is 10.5 Å². The van der Waals surface area contributed by atoms with E-state index in [1.54, 1.807) is 24.3 Å². The van der Waals surface area contributed by atoms with Gasteiger partial charge in [-0.1, -0.05) is 44.5 Å². The average Bonchev–Trinajstić information content (AvgIpc) is 2.69. The number of aromatic nitrogens is 3. The normalized spacial score (nSPS) is 19.1. The zero-order valence-electron chi connectivity index (χ0n) is 18.2. The molecule has 1 saturated heterocycles. The molecule has 172 valence electrons. The summed E-state index contributed by atoms with van der Waals surface area (Å²) < 4.78 is 1.31. The molecule has 11 heteroatoms. The minimum atomic E-state index is -1.61. The number of hydrogen-bond donors (Lipinski definition) is 2. The molecule has 1 atom stereocenters. The fraction of sp³-hybridized carbons (Fsp3) is 0.476. The van der Waals surface area contributed by atoms with E-state index in [-0.39, 0.29) is 38.5 Å². The van der Waals surface area contributed by atoms with Crippen LogP contribution >= 0.6 is 11.6 Å². The van der Waals surface area contributed by atoms with E-state index in [1.165, 1.54) is 15.8 Å². The molecular weight excluding hydrogens is 438 g/mol. The summed E-state index contributed by atoms with van der Waals surface area (Å²) in [5, 5.41) is 20.3. The summed E-state index contributed by atoms with van der Waals surface area (Å²) in [6.07, 6.45) is 0.270. The van der Waals surface area contributed by atoms with Crippen LogP contribution in [0.3, 0.4) is 0 Å². The number of anilines is 1. The van der Waals surface area contributed by atoms with Crippen molar-refractivity contribution >= 4 is 29.6 Å². The maximum absolute atomic E-state index is 12.7. The molecule has 1 aliphatic heterocycles. The van der Waals surface area contributed by atoms with Gasteiger partial charge in [-0.3, -0.25) is 4.57 Å². The van der Waals surface area contributed by atoms with Gasteiger partial charge in [-0.15, -0.1) is 0 Å². The average molecular weight is 464 g/mol. The summed E-state index contributed by atoms with van der Waals surface area (Å²) in [6, 6.07) is 7.00. The fourth-order valence-electron chi connectivity index (χ4n) is 4.03. The summed E-state index contributed by atoms with van der Waals surface area (Å²) in [7, 11) is 0. The van der Waals surface area contributed by atoms with Crippen molar-refractivity contribution in [3.8, 4) is 0 Å². The first kappa shape index (κ1) is 23.5. The number of piperazine rings is 1. The third-order valence-corrected chi connectivity index (χ3v) is 5.57. The lowest BCUT2D eigenvalue weighted by atomic mass is 9.77. The second-order valence-corrected chi connectivity index (χ2v) is 9.56. The van der Waals surface area contributed by atoms with Crippen molar-refractivity contribution in [2.24, 2.45) is 5.41 Å². The van der Waals surface area contributed by atoms with Crippen molar-refractivity contribution in [1.29, 1.82) is 0 Å². The number of hydrogen-bond acceptors (Lipinski definition) is 6. The lowest BCUT2D eigenvalue weighted by Gasteiger charge is -2.49. The standard InChI is InChI=1S/C21H26ClN5O5/c1-20(2,3)11-21(16(28)29)12-25(19(31)32)8-9-27(21)17-23-13-26(18(30)24-17)10-14-4-6-15(22)7-5-14/h4-7,13H,8-12H2,1-3H3,(H,28,29)(H,31,32). The molecule has 3 rings (SSSR count). The van der Waals surface area contributed by atoms with Crippen LogP contribution in [-0.4, -0.2) is 66.9 Å². The Morgan fingerprint density at radius 1 is 1.16 bits per heavy atom. The van der Waals surface area contributed by atoms with Gasteiger partial charge in [0.1, 0.15) is 6.33 Å². The van der Waals surface area contributed by atoms with Crippen LogP contribution < -0.4 is 10.6 Å². The minimum absolute atomic E-state index is 0.0287. The molecular formula is C21H26ClN5O5. The van der Waals surface area contributed by atoms with Crippen molar-refractivity contribution in [2.45, 2.75) is 39.3 Å². The van der Waals surface area contributed by atoms with Crippen LogP contribution in [-0.2, 0) is 11.3 Å². The van der Waals surface area contributed by atoms with Gasteiger partial charge in [0.25, 0.3) is 0 Å². The topological polar surface area (TPSA) is 129 Å². The molecule has 1 aromatic carbocycles. The number of benzene rings is 1. The van der Waals surface area contributed by atoms with Gasteiger partial charge in [-0.2, -0.15) is 4.98 Å². The molecule has 10 nitrogen and oxygen atoms in total. The maximum Gasteiger partial charge on any atom is 0.407 e. The Hall–Kier alpha value is -3.14. The Bertz CT molecular complexity index is 1070. The second-order valence-electron chi connectivity index (χ2n) is 9.12. The molecule has 2 aromatic rings. The molecule has 1 unspecified atom stereocenters. The predicted octanol–water partition coefficient (Wildman–Crippen LogP) is 2.40. The van der Waals surface area contributed by atoms with E-state index in [4.69, 9.17) is 11.6 Å². The summed E-state index contributed by atoms with van der Waals surface area (Å²) in [5.41, 5.74) is -1.80. The molecule has 2 N–H and O–H groups in total. The Balaban J connectivity index is 1.98. The molecule has 0 bridgehead atoms. The van der Waals surface area contributed by atoms with Gasteiger partial charge < -0.3 is 20.0 Å². The van der Waals surface area contributed by atoms with Crippen LogP contribution in [0.2, 0.25) is 5.02 Å². The molecule has 2 heterocycles. The number of carboxylic acids is 1. The summed E-state index contributed by atoms with van der Waals surface area (Å²) in [5.74, 6) is -1.22. The van der Waals surface area contributed by atoms with Gasteiger partial charge in [-0.25, -0.2) is 19.4 Å². The van der Waals surface area contributed by atoms with Gasteiger partial charge in [0.2, 0.25) is 5.95 Å². The zero-order chi connectivity index (χ0) is 23.7. The quantitative estimate of drug-likeness (QED) is 0.691. The van der Waals surface area contributed by atoms with Crippen molar-refractivity contribution in [3.05, 3.63) is 51.7 Å².